The van der Waals surface area contributed by atoms with Crippen LogP contribution in [-0.4, -0.2) is 26.9 Å². The van der Waals surface area contributed by atoms with Gasteiger partial charge in [-0.1, -0.05) is 47.7 Å². The van der Waals surface area contributed by atoms with Crippen molar-refractivity contribution in [3.05, 3.63) is 65.2 Å². The minimum Gasteiger partial charge on any atom is -0.497 e. The van der Waals surface area contributed by atoms with E-state index in [1.165, 1.54) is 11.3 Å². The molecule has 6 nitrogen and oxygen atoms in total. The van der Waals surface area contributed by atoms with E-state index in [2.05, 4.69) is 15.3 Å². The smallest absolute Gasteiger partial charge is 0.235 e. The van der Waals surface area contributed by atoms with Crippen molar-refractivity contribution in [3.63, 3.8) is 0 Å². The number of fused-ring (bicyclic) bond motifs is 2. The van der Waals surface area contributed by atoms with Crippen molar-refractivity contribution in [1.82, 2.24) is 19.8 Å². The van der Waals surface area contributed by atoms with Crippen molar-refractivity contribution >= 4 is 39.4 Å². The Labute approximate surface area is 158 Å². The second-order valence-corrected chi connectivity index (χ2v) is 6.90. The van der Waals surface area contributed by atoms with Gasteiger partial charge < -0.3 is 9.15 Å². The molecule has 5 rings (SSSR count). The molecule has 7 heteroatoms. The highest BCUT2D eigenvalue weighted by atomic mass is 32.1. The van der Waals surface area contributed by atoms with Gasteiger partial charge in [0.05, 0.1) is 7.11 Å². The predicted molar refractivity (Wildman–Crippen MR) is 106 cm³/mol. The number of hydrogen-bond acceptors (Lipinski definition) is 6. The molecular weight excluding hydrogens is 360 g/mol. The molecule has 0 saturated carbocycles. The fourth-order valence-electron chi connectivity index (χ4n) is 2.83. The standard InChI is InChI=1S/C20H14N4O2S/c1-25-15-9-6-13(7-10-15)8-11-18-23-24-19(21-22-20(24)27-18)17-12-14-4-2-3-5-16(14)26-17/h2-12H,1H3/b11-8+. The maximum absolute atomic E-state index is 5.89. The van der Waals surface area contributed by atoms with Crippen molar-refractivity contribution in [3.8, 4) is 17.3 Å². The Morgan fingerprint density at radius 1 is 1.04 bits per heavy atom. The van der Waals surface area contributed by atoms with Crippen LogP contribution in [0.4, 0.5) is 0 Å². The molecule has 0 saturated heterocycles. The molecule has 0 aliphatic carbocycles. The number of hydrogen-bond donors (Lipinski definition) is 0. The van der Waals surface area contributed by atoms with Gasteiger partial charge in [0.2, 0.25) is 10.8 Å². The van der Waals surface area contributed by atoms with Gasteiger partial charge in [0.15, 0.2) is 5.76 Å². The zero-order chi connectivity index (χ0) is 18.2. The van der Waals surface area contributed by atoms with E-state index < -0.39 is 0 Å². The number of benzene rings is 2. The van der Waals surface area contributed by atoms with Gasteiger partial charge in [0.1, 0.15) is 16.3 Å². The van der Waals surface area contributed by atoms with Gasteiger partial charge in [-0.05, 0) is 35.9 Å². The summed E-state index contributed by atoms with van der Waals surface area (Å²) in [6, 6.07) is 17.7. The van der Waals surface area contributed by atoms with Gasteiger partial charge >= 0.3 is 0 Å². The van der Waals surface area contributed by atoms with E-state index in [0.29, 0.717) is 11.6 Å². The highest BCUT2D eigenvalue weighted by Crippen LogP contribution is 2.28. The SMILES string of the molecule is COc1ccc(/C=C/c2nn3c(-c4cc5ccccc5o4)nnc3s2)cc1. The lowest BCUT2D eigenvalue weighted by Gasteiger charge is -1.98. The molecule has 0 bridgehead atoms. The molecule has 132 valence electrons. The highest BCUT2D eigenvalue weighted by Gasteiger charge is 2.16. The maximum atomic E-state index is 5.89. The average Bonchev–Trinajstić information content (AvgIpc) is 3.40. The largest absolute Gasteiger partial charge is 0.497 e. The summed E-state index contributed by atoms with van der Waals surface area (Å²) in [7, 11) is 1.66. The van der Waals surface area contributed by atoms with Crippen LogP contribution < -0.4 is 4.74 Å². The molecule has 0 amide bonds. The number of ether oxygens (including phenoxy) is 1. The third-order valence-electron chi connectivity index (χ3n) is 4.19. The summed E-state index contributed by atoms with van der Waals surface area (Å²) in [6.07, 6.45) is 3.97. The molecule has 0 atom stereocenters. The van der Waals surface area contributed by atoms with E-state index in [1.54, 1.807) is 11.6 Å². The average molecular weight is 374 g/mol. The molecule has 0 radical (unpaired) electrons. The summed E-state index contributed by atoms with van der Waals surface area (Å²) < 4.78 is 12.8. The predicted octanol–water partition coefficient (Wildman–Crippen LogP) is 4.78. The Morgan fingerprint density at radius 3 is 2.70 bits per heavy atom. The third kappa shape index (κ3) is 2.88. The molecule has 0 unspecified atom stereocenters. The molecule has 5 aromatic rings. The Kier molecular flexibility index (Phi) is 3.72. The first kappa shape index (κ1) is 15.8. The first-order chi connectivity index (χ1) is 13.3. The molecule has 2 aromatic carbocycles. The van der Waals surface area contributed by atoms with E-state index in [9.17, 15) is 0 Å². The molecule has 27 heavy (non-hydrogen) atoms. The van der Waals surface area contributed by atoms with Crippen LogP contribution in [-0.2, 0) is 0 Å². The zero-order valence-electron chi connectivity index (χ0n) is 14.4. The minimum atomic E-state index is 0.599. The summed E-state index contributed by atoms with van der Waals surface area (Å²) in [5.74, 6) is 2.09. The van der Waals surface area contributed by atoms with Crippen LogP contribution in [0.3, 0.4) is 0 Å². The highest BCUT2D eigenvalue weighted by molar-refractivity contribution is 7.17. The number of aromatic nitrogens is 4. The van der Waals surface area contributed by atoms with E-state index >= 15 is 0 Å². The summed E-state index contributed by atoms with van der Waals surface area (Å²) in [5, 5.41) is 14.9. The summed E-state index contributed by atoms with van der Waals surface area (Å²) >= 11 is 1.47. The van der Waals surface area contributed by atoms with Crippen molar-refractivity contribution in [2.75, 3.05) is 7.11 Å². The van der Waals surface area contributed by atoms with Crippen LogP contribution in [0.2, 0.25) is 0 Å². The van der Waals surface area contributed by atoms with Gasteiger partial charge in [-0.2, -0.15) is 9.61 Å². The molecular formula is C20H14N4O2S. The molecule has 3 heterocycles. The second-order valence-electron chi connectivity index (χ2n) is 5.91. The molecule has 0 fully saturated rings. The molecule has 3 aromatic heterocycles. The molecule has 0 N–H and O–H groups in total. The molecule has 0 aliphatic rings. The third-order valence-corrected chi connectivity index (χ3v) is 5.05. The summed E-state index contributed by atoms with van der Waals surface area (Å²) in [5.41, 5.74) is 1.89. The van der Waals surface area contributed by atoms with Crippen LogP contribution in [0.5, 0.6) is 5.75 Å². The maximum Gasteiger partial charge on any atom is 0.235 e. The van der Waals surface area contributed by atoms with Crippen LogP contribution in [0, 0.1) is 0 Å². The summed E-state index contributed by atoms with van der Waals surface area (Å²) in [4.78, 5) is 0.722. The van der Waals surface area contributed by atoms with E-state index in [-0.39, 0.29) is 0 Å². The van der Waals surface area contributed by atoms with Crippen LogP contribution in [0.25, 0.3) is 39.7 Å². The fraction of sp³-hybridized carbons (Fsp3) is 0.0500. The van der Waals surface area contributed by atoms with E-state index in [4.69, 9.17) is 9.15 Å². The second kappa shape index (κ2) is 6.37. The van der Waals surface area contributed by atoms with Crippen LogP contribution in [0.1, 0.15) is 10.6 Å². The van der Waals surface area contributed by atoms with Crippen LogP contribution in [0.15, 0.2) is 59.0 Å². The first-order valence-electron chi connectivity index (χ1n) is 8.33. The molecule has 0 spiro atoms. The van der Waals surface area contributed by atoms with Gasteiger partial charge in [-0.3, -0.25) is 0 Å². The minimum absolute atomic E-state index is 0.599. The number of nitrogens with zero attached hydrogens (tertiary/aromatic N) is 4. The first-order valence-corrected chi connectivity index (χ1v) is 9.15. The lowest BCUT2D eigenvalue weighted by atomic mass is 10.2. The lowest BCUT2D eigenvalue weighted by molar-refractivity contribution is 0.415. The van der Waals surface area contributed by atoms with Gasteiger partial charge in [0.25, 0.3) is 0 Å². The van der Waals surface area contributed by atoms with Gasteiger partial charge in [-0.25, -0.2) is 0 Å². The number of methoxy groups -OCH3 is 1. The fourth-order valence-corrected chi connectivity index (χ4v) is 3.57. The number of para-hydroxylation sites is 1. The monoisotopic (exact) mass is 374 g/mol. The molecule has 0 aliphatic heterocycles. The van der Waals surface area contributed by atoms with Crippen molar-refractivity contribution in [1.29, 1.82) is 0 Å². The quantitative estimate of drug-likeness (QED) is 0.453. The number of rotatable bonds is 4. The van der Waals surface area contributed by atoms with Crippen molar-refractivity contribution in [2.24, 2.45) is 0 Å². The van der Waals surface area contributed by atoms with Crippen LogP contribution >= 0.6 is 11.3 Å². The lowest BCUT2D eigenvalue weighted by Crippen LogP contribution is -1.89. The Morgan fingerprint density at radius 2 is 1.89 bits per heavy atom. The topological polar surface area (TPSA) is 65.5 Å². The van der Waals surface area contributed by atoms with Crippen molar-refractivity contribution < 1.29 is 9.15 Å². The van der Waals surface area contributed by atoms with E-state index in [1.807, 2.05) is 66.7 Å². The van der Waals surface area contributed by atoms with Crippen molar-refractivity contribution in [2.45, 2.75) is 0 Å². The summed E-state index contributed by atoms with van der Waals surface area (Å²) in [6.45, 7) is 0. The van der Waals surface area contributed by atoms with Gasteiger partial charge in [0, 0.05) is 5.39 Å². The van der Waals surface area contributed by atoms with E-state index in [0.717, 1.165) is 32.3 Å². The zero-order valence-corrected chi connectivity index (χ0v) is 15.2. The van der Waals surface area contributed by atoms with Gasteiger partial charge in [-0.15, -0.1) is 10.2 Å². The normalized spacial score (nSPS) is 11.7. The Hall–Kier alpha value is -3.45. The number of furan rings is 1. The Bertz CT molecular complexity index is 1230. The Balaban J connectivity index is 1.48.